The summed E-state index contributed by atoms with van der Waals surface area (Å²) in [4.78, 5) is 11.3. The maximum atomic E-state index is 11.3. The molecule has 0 radical (unpaired) electrons. The molecule has 1 saturated heterocycles. The van der Waals surface area contributed by atoms with Crippen LogP contribution in [0.25, 0.3) is 0 Å². The number of aryl methyl sites for hydroxylation is 2. The minimum absolute atomic E-state index is 0.0355. The lowest BCUT2D eigenvalue weighted by molar-refractivity contribution is 0.105. The van der Waals surface area contributed by atoms with Crippen LogP contribution in [0.2, 0.25) is 1.41 Å². The van der Waals surface area contributed by atoms with Crippen LogP contribution in [0.3, 0.4) is 0 Å². The van der Waals surface area contributed by atoms with Gasteiger partial charge in [-0.15, -0.1) is 0 Å². The summed E-state index contributed by atoms with van der Waals surface area (Å²) >= 11 is 0. The molecule has 1 aromatic rings. The third kappa shape index (κ3) is 2.66. The number of amides is 1. The highest BCUT2D eigenvalue weighted by atomic mass is 16.6. The Morgan fingerprint density at radius 2 is 2.38 bits per heavy atom. The SMILES string of the molecule is [2H]N1C(=O)OC(COc2cc(C([2H])([2H])[2H])cc(C([2H])([2H])[2H])c2)C1([2H])[2H]. The van der Waals surface area contributed by atoms with E-state index in [0.717, 1.165) is 18.2 Å². The smallest absolute Gasteiger partial charge is 0.407 e. The summed E-state index contributed by atoms with van der Waals surface area (Å²) in [5, 5.41) is 0.0355. The minimum atomic E-state index is -2.56. The fourth-order valence-corrected chi connectivity index (χ4v) is 1.22. The molecule has 0 spiro atoms. The Morgan fingerprint density at radius 3 is 2.94 bits per heavy atom. The molecule has 1 aliphatic rings. The molecule has 0 aromatic heterocycles. The summed E-state index contributed by atoms with van der Waals surface area (Å²) < 4.78 is 77.0. The zero-order chi connectivity index (χ0) is 19.2. The van der Waals surface area contributed by atoms with Crippen molar-refractivity contribution in [1.29, 1.82) is 0 Å². The molecule has 1 aromatic carbocycles. The minimum Gasteiger partial charge on any atom is -0.490 e. The quantitative estimate of drug-likeness (QED) is 0.861. The largest absolute Gasteiger partial charge is 0.490 e. The molecule has 16 heavy (non-hydrogen) atoms. The van der Waals surface area contributed by atoms with Gasteiger partial charge in [-0.2, -0.15) is 0 Å². The van der Waals surface area contributed by atoms with Gasteiger partial charge in [0.2, 0.25) is 0 Å². The third-order valence-electron chi connectivity index (χ3n) is 1.85. The summed E-state index contributed by atoms with van der Waals surface area (Å²) in [5.41, 5.74) is -0.491. The van der Waals surface area contributed by atoms with E-state index in [9.17, 15) is 4.79 Å². The summed E-state index contributed by atoms with van der Waals surface area (Å²) in [7, 11) is 0. The molecule has 1 amide bonds. The summed E-state index contributed by atoms with van der Waals surface area (Å²) in [6, 6.07) is 3.27. The molecule has 1 atom stereocenters. The van der Waals surface area contributed by atoms with Crippen molar-refractivity contribution in [3.8, 4) is 5.75 Å². The van der Waals surface area contributed by atoms with Gasteiger partial charge in [0, 0.05) is 8.22 Å². The monoisotopic (exact) mass is 230 g/mol. The van der Waals surface area contributed by atoms with Crippen molar-refractivity contribution >= 4 is 6.09 Å². The van der Waals surface area contributed by atoms with E-state index in [0.29, 0.717) is 0 Å². The zero-order valence-electron chi connectivity index (χ0n) is 17.2. The first-order valence-electron chi connectivity index (χ1n) is 8.96. The number of cyclic esters (lactones) is 1. The van der Waals surface area contributed by atoms with Crippen molar-refractivity contribution in [2.45, 2.75) is 19.8 Å². The van der Waals surface area contributed by atoms with Crippen LogP contribution in [0.15, 0.2) is 18.2 Å². The van der Waals surface area contributed by atoms with Crippen LogP contribution in [0.4, 0.5) is 4.79 Å². The molecule has 1 N–H and O–H groups in total. The summed E-state index contributed by atoms with van der Waals surface area (Å²) in [5.74, 6) is -0.116. The van der Waals surface area contributed by atoms with Crippen LogP contribution in [-0.2, 0) is 4.74 Å². The summed E-state index contributed by atoms with van der Waals surface area (Å²) in [6.45, 7) is -8.08. The fraction of sp³-hybridized carbons (Fsp3) is 0.417. The molecule has 4 heteroatoms. The van der Waals surface area contributed by atoms with Gasteiger partial charge in [-0.05, 0) is 37.0 Å². The van der Waals surface area contributed by atoms with Gasteiger partial charge in [-0.3, -0.25) is 0 Å². The molecular weight excluding hydrogens is 206 g/mol. The maximum absolute atomic E-state index is 11.3. The highest BCUT2D eigenvalue weighted by Gasteiger charge is 2.22. The number of carbonyl (C=O) groups excluding carboxylic acids is 1. The zero-order valence-corrected chi connectivity index (χ0v) is 8.19. The Bertz CT molecular complexity index is 639. The van der Waals surface area contributed by atoms with Crippen LogP contribution < -0.4 is 10.0 Å². The predicted octanol–water partition coefficient (Wildman–Crippen LogP) is 1.79. The van der Waals surface area contributed by atoms with Gasteiger partial charge in [0.25, 0.3) is 0 Å². The maximum Gasteiger partial charge on any atom is 0.407 e. The first-order chi connectivity index (χ1) is 11.2. The second-order valence-corrected chi connectivity index (χ2v) is 3.17. The molecule has 0 bridgehead atoms. The van der Waals surface area contributed by atoms with Crippen molar-refractivity contribution in [3.05, 3.63) is 29.3 Å². The van der Waals surface area contributed by atoms with Crippen molar-refractivity contribution < 1.29 is 26.6 Å². The van der Waals surface area contributed by atoms with Crippen LogP contribution >= 0.6 is 0 Å². The van der Waals surface area contributed by atoms with E-state index in [1.165, 1.54) is 0 Å². The van der Waals surface area contributed by atoms with E-state index < -0.39 is 39.0 Å². The number of nitrogens with one attached hydrogen (secondary N) is 1. The predicted molar refractivity (Wildman–Crippen MR) is 59.7 cm³/mol. The number of benzene rings is 1. The van der Waals surface area contributed by atoms with Crippen LogP contribution in [0.1, 0.15) is 22.1 Å². The molecule has 1 heterocycles. The third-order valence-corrected chi connectivity index (χ3v) is 1.85. The lowest BCUT2D eigenvalue weighted by Gasteiger charge is -2.11. The molecule has 1 fully saturated rings. The standard InChI is InChI=1S/C12H15NO3/c1-8-3-9(2)5-10(4-8)15-7-11-6-13-12(14)16-11/h3-5,11H,6-7H2,1-2H3,(H,13,14)/i1D3,2D3,6D2/hD. The van der Waals surface area contributed by atoms with Crippen LogP contribution in [-0.4, -0.2) is 25.3 Å². The van der Waals surface area contributed by atoms with E-state index in [1.54, 1.807) is 0 Å². The van der Waals surface area contributed by atoms with Gasteiger partial charge in [0.05, 0.1) is 9.24 Å². The highest BCUT2D eigenvalue weighted by Crippen LogP contribution is 2.16. The number of alkyl carbamates (subject to hydrolysis) is 1. The van der Waals surface area contributed by atoms with Crippen molar-refractivity contribution in [3.63, 3.8) is 0 Å². The molecule has 4 nitrogen and oxygen atoms in total. The fourth-order valence-electron chi connectivity index (χ4n) is 1.22. The topological polar surface area (TPSA) is 47.6 Å². The lowest BCUT2D eigenvalue weighted by atomic mass is 10.1. The van der Waals surface area contributed by atoms with Gasteiger partial charge >= 0.3 is 6.09 Å². The van der Waals surface area contributed by atoms with Crippen LogP contribution in [0.5, 0.6) is 5.75 Å². The molecule has 1 aliphatic heterocycles. The van der Waals surface area contributed by atoms with Crippen molar-refractivity contribution in [1.82, 2.24) is 5.31 Å². The van der Waals surface area contributed by atoms with Crippen molar-refractivity contribution in [2.24, 2.45) is 0 Å². The molecule has 1 unspecified atom stereocenters. The number of hydrogen-bond acceptors (Lipinski definition) is 3. The van der Waals surface area contributed by atoms with E-state index in [4.69, 9.17) is 17.1 Å². The molecule has 0 saturated carbocycles. The Hall–Kier alpha value is -1.71. The average molecular weight is 230 g/mol. The number of hydrogen-bond donors (Lipinski definition) is 1. The lowest BCUT2D eigenvalue weighted by Crippen LogP contribution is -2.21. The molecule has 2 rings (SSSR count). The van der Waals surface area contributed by atoms with E-state index in [-0.39, 0.29) is 22.2 Å². The van der Waals surface area contributed by atoms with E-state index >= 15 is 0 Å². The van der Waals surface area contributed by atoms with Gasteiger partial charge in [0.15, 0.2) is 7.52 Å². The normalized spacial score (nSPS) is 32.8. The number of ether oxygens (including phenoxy) is 2. The molecule has 86 valence electrons. The van der Waals surface area contributed by atoms with Gasteiger partial charge in [0.1, 0.15) is 12.4 Å². The van der Waals surface area contributed by atoms with Gasteiger partial charge in [-0.1, -0.05) is 6.07 Å². The van der Waals surface area contributed by atoms with Gasteiger partial charge < -0.3 is 14.8 Å². The first-order valence-corrected chi connectivity index (χ1v) is 4.51. The Kier molecular flexibility index (Phi) is 1.18. The van der Waals surface area contributed by atoms with E-state index in [1.807, 2.05) is 0 Å². The first kappa shape index (κ1) is 4.28. The van der Waals surface area contributed by atoms with E-state index in [2.05, 4.69) is 4.74 Å². The van der Waals surface area contributed by atoms with Gasteiger partial charge in [-0.25, -0.2) is 4.79 Å². The van der Waals surface area contributed by atoms with Crippen LogP contribution in [0, 0.1) is 13.7 Å². The number of carbonyl (C=O) groups is 1. The molecule has 0 aliphatic carbocycles. The Balaban J connectivity index is 2.26. The number of rotatable bonds is 3. The Labute approximate surface area is 107 Å². The average Bonchev–Trinajstić information content (AvgIpc) is 2.66. The Morgan fingerprint density at radius 1 is 1.62 bits per heavy atom. The van der Waals surface area contributed by atoms with Crippen molar-refractivity contribution in [2.75, 3.05) is 13.1 Å². The second kappa shape index (κ2) is 4.43. The highest BCUT2D eigenvalue weighted by molar-refractivity contribution is 5.69. The molecular formula is C12H15NO3. The summed E-state index contributed by atoms with van der Waals surface area (Å²) in [6.07, 6.45) is -2.61. The second-order valence-electron chi connectivity index (χ2n) is 3.17.